The molecular formula is C27H30ClN2O6P. The molecule has 0 aromatic heterocycles. The molecule has 196 valence electrons. The average molecular weight is 545 g/mol. The summed E-state index contributed by atoms with van der Waals surface area (Å²) in [5, 5.41) is 6.21. The molecule has 3 aromatic rings. The number of halogens is 1. The lowest BCUT2D eigenvalue weighted by Gasteiger charge is -2.21. The molecule has 3 aromatic carbocycles. The standard InChI is InChI=1S/C27H30ClN2O6P/c1-2-35-26(31)16-17-29-27(32)25(30-19-37(33,34)36-24-6-4-3-5-7-24)18-20-8-10-21(11-9-20)22-12-14-23(28)15-13-22/h3-15,25,30H,2,16-19H2,1H3,(H,29,32)(H,33,34)/t25-/m0/s1. The predicted molar refractivity (Wildman–Crippen MR) is 144 cm³/mol. The van der Waals surface area contributed by atoms with Crippen LogP contribution in [0.25, 0.3) is 11.1 Å². The van der Waals surface area contributed by atoms with Crippen molar-refractivity contribution in [3.05, 3.63) is 89.4 Å². The molecule has 0 aliphatic heterocycles. The van der Waals surface area contributed by atoms with Crippen LogP contribution in [0.3, 0.4) is 0 Å². The first-order valence-corrected chi connectivity index (χ1v) is 14.0. The van der Waals surface area contributed by atoms with Crippen molar-refractivity contribution in [2.24, 2.45) is 0 Å². The Kier molecular flexibility index (Phi) is 10.7. The molecule has 3 N–H and O–H groups in total. The van der Waals surface area contributed by atoms with Gasteiger partial charge in [-0.1, -0.05) is 66.2 Å². The number of hydrogen-bond donors (Lipinski definition) is 3. The minimum Gasteiger partial charge on any atom is -0.466 e. The zero-order valence-corrected chi connectivity index (χ0v) is 22.1. The van der Waals surface area contributed by atoms with Gasteiger partial charge in [0, 0.05) is 11.6 Å². The fourth-order valence-corrected chi connectivity index (χ4v) is 4.61. The summed E-state index contributed by atoms with van der Waals surface area (Å²) in [6.45, 7) is 2.05. The highest BCUT2D eigenvalue weighted by molar-refractivity contribution is 7.53. The molecule has 0 saturated heterocycles. The van der Waals surface area contributed by atoms with Crippen molar-refractivity contribution in [1.29, 1.82) is 0 Å². The van der Waals surface area contributed by atoms with Crippen LogP contribution in [0, 0.1) is 0 Å². The highest BCUT2D eigenvalue weighted by Crippen LogP contribution is 2.41. The van der Waals surface area contributed by atoms with Crippen LogP contribution in [0.4, 0.5) is 0 Å². The number of carbonyl (C=O) groups excluding carboxylic acids is 2. The van der Waals surface area contributed by atoms with Crippen LogP contribution in [0.1, 0.15) is 18.9 Å². The van der Waals surface area contributed by atoms with Crippen LogP contribution in [0.5, 0.6) is 5.75 Å². The van der Waals surface area contributed by atoms with Crippen molar-refractivity contribution < 1.29 is 28.3 Å². The number of amides is 1. The molecule has 0 aliphatic rings. The van der Waals surface area contributed by atoms with Gasteiger partial charge in [-0.3, -0.25) is 14.9 Å². The summed E-state index contributed by atoms with van der Waals surface area (Å²) >= 11 is 5.97. The van der Waals surface area contributed by atoms with Gasteiger partial charge < -0.3 is 19.5 Å². The van der Waals surface area contributed by atoms with Gasteiger partial charge >= 0.3 is 13.6 Å². The van der Waals surface area contributed by atoms with Crippen LogP contribution >= 0.6 is 19.2 Å². The Morgan fingerprint density at radius 2 is 1.59 bits per heavy atom. The van der Waals surface area contributed by atoms with Gasteiger partial charge in [0.25, 0.3) is 0 Å². The molecule has 37 heavy (non-hydrogen) atoms. The first-order chi connectivity index (χ1) is 17.8. The lowest BCUT2D eigenvalue weighted by molar-refractivity contribution is -0.143. The molecule has 0 heterocycles. The fraction of sp³-hybridized carbons (Fsp3) is 0.259. The zero-order chi connectivity index (χ0) is 26.7. The Morgan fingerprint density at radius 1 is 0.973 bits per heavy atom. The Morgan fingerprint density at radius 3 is 2.22 bits per heavy atom. The molecule has 0 fully saturated rings. The number of rotatable bonds is 13. The number of nitrogens with one attached hydrogen (secondary N) is 2. The molecule has 1 unspecified atom stereocenters. The van der Waals surface area contributed by atoms with Crippen LogP contribution in [-0.2, 0) is 25.3 Å². The van der Waals surface area contributed by atoms with Gasteiger partial charge in [0.1, 0.15) is 12.0 Å². The van der Waals surface area contributed by atoms with Crippen LogP contribution in [0.2, 0.25) is 5.02 Å². The van der Waals surface area contributed by atoms with Gasteiger partial charge in [0.15, 0.2) is 0 Å². The summed E-state index contributed by atoms with van der Waals surface area (Å²) in [6, 6.07) is 22.6. The highest BCUT2D eigenvalue weighted by atomic mass is 35.5. The van der Waals surface area contributed by atoms with E-state index in [9.17, 15) is 19.0 Å². The van der Waals surface area contributed by atoms with E-state index in [0.717, 1.165) is 16.7 Å². The maximum atomic E-state index is 12.9. The van der Waals surface area contributed by atoms with E-state index in [1.807, 2.05) is 48.5 Å². The quantitative estimate of drug-likeness (QED) is 0.209. The molecule has 3 rings (SSSR count). The third-order valence-corrected chi connectivity index (χ3v) is 6.68. The molecule has 2 atom stereocenters. The number of para-hydroxylation sites is 1. The summed E-state index contributed by atoms with van der Waals surface area (Å²) in [5.74, 6) is -0.574. The van der Waals surface area contributed by atoms with E-state index < -0.39 is 31.8 Å². The van der Waals surface area contributed by atoms with Gasteiger partial charge in [0.05, 0.1) is 19.1 Å². The number of esters is 1. The Hall–Kier alpha value is -3.16. The van der Waals surface area contributed by atoms with Gasteiger partial charge in [-0.15, -0.1) is 0 Å². The first-order valence-electron chi connectivity index (χ1n) is 11.8. The number of carbonyl (C=O) groups is 2. The minimum atomic E-state index is -4.09. The van der Waals surface area contributed by atoms with Crippen LogP contribution < -0.4 is 15.2 Å². The zero-order valence-electron chi connectivity index (χ0n) is 20.4. The number of hydrogen-bond acceptors (Lipinski definition) is 6. The molecule has 0 spiro atoms. The summed E-state index contributed by atoms with van der Waals surface area (Å²) in [4.78, 5) is 34.9. The van der Waals surface area contributed by atoms with Gasteiger partial charge in [0.2, 0.25) is 5.91 Å². The molecule has 0 radical (unpaired) electrons. The summed E-state index contributed by atoms with van der Waals surface area (Å²) in [7, 11) is -4.09. The van der Waals surface area contributed by atoms with E-state index in [1.165, 1.54) is 0 Å². The van der Waals surface area contributed by atoms with Crippen molar-refractivity contribution >= 4 is 31.1 Å². The summed E-state index contributed by atoms with van der Waals surface area (Å²) < 4.78 is 22.8. The Labute approximate surface area is 221 Å². The lowest BCUT2D eigenvalue weighted by atomic mass is 10.0. The fourth-order valence-electron chi connectivity index (χ4n) is 3.52. The topological polar surface area (TPSA) is 114 Å². The molecular weight excluding hydrogens is 515 g/mol. The van der Waals surface area contributed by atoms with Crippen molar-refractivity contribution in [3.63, 3.8) is 0 Å². The van der Waals surface area contributed by atoms with Crippen molar-refractivity contribution in [1.82, 2.24) is 10.6 Å². The molecule has 0 saturated carbocycles. The molecule has 0 aliphatic carbocycles. The first kappa shape index (κ1) is 28.4. The molecule has 1 amide bonds. The summed E-state index contributed by atoms with van der Waals surface area (Å²) in [6.07, 6.45) is -0.171. The van der Waals surface area contributed by atoms with Crippen molar-refractivity contribution in [3.8, 4) is 16.9 Å². The van der Waals surface area contributed by atoms with Crippen LogP contribution in [-0.4, -0.2) is 42.2 Å². The van der Waals surface area contributed by atoms with Gasteiger partial charge in [-0.25, -0.2) is 4.57 Å². The maximum Gasteiger partial charge on any atom is 0.390 e. The number of ether oxygens (including phenoxy) is 1. The molecule has 0 bridgehead atoms. The highest BCUT2D eigenvalue weighted by Gasteiger charge is 2.26. The normalized spacial score (nSPS) is 13.3. The monoisotopic (exact) mass is 544 g/mol. The smallest absolute Gasteiger partial charge is 0.390 e. The molecule has 8 nitrogen and oxygen atoms in total. The van der Waals surface area contributed by atoms with Gasteiger partial charge in [-0.2, -0.15) is 0 Å². The van der Waals surface area contributed by atoms with Crippen molar-refractivity contribution in [2.75, 3.05) is 19.4 Å². The maximum absolute atomic E-state index is 12.9. The largest absolute Gasteiger partial charge is 0.466 e. The Bertz CT molecular complexity index is 1210. The Balaban J connectivity index is 1.67. The SMILES string of the molecule is CCOC(=O)CCNC(=O)[C@H](Cc1ccc(-c2ccc(Cl)cc2)cc1)NCP(=O)(O)Oc1ccccc1. The van der Waals surface area contributed by atoms with E-state index in [-0.39, 0.29) is 31.7 Å². The lowest BCUT2D eigenvalue weighted by Crippen LogP contribution is -2.46. The average Bonchev–Trinajstić information content (AvgIpc) is 2.88. The van der Waals surface area contributed by atoms with E-state index in [0.29, 0.717) is 5.02 Å². The van der Waals surface area contributed by atoms with E-state index in [2.05, 4.69) is 10.6 Å². The third-order valence-electron chi connectivity index (χ3n) is 5.35. The number of benzene rings is 3. The second-order valence-electron chi connectivity index (χ2n) is 8.21. The minimum absolute atomic E-state index is 0.0255. The van der Waals surface area contributed by atoms with Crippen LogP contribution in [0.15, 0.2) is 78.9 Å². The second-order valence-corrected chi connectivity index (χ2v) is 10.4. The van der Waals surface area contributed by atoms with Gasteiger partial charge in [-0.05, 0) is 54.3 Å². The third kappa shape index (κ3) is 9.67. The van der Waals surface area contributed by atoms with E-state index in [4.69, 9.17) is 20.9 Å². The van der Waals surface area contributed by atoms with Crippen molar-refractivity contribution in [2.45, 2.75) is 25.8 Å². The van der Waals surface area contributed by atoms with E-state index >= 15 is 0 Å². The molecule has 10 heteroatoms. The predicted octanol–water partition coefficient (Wildman–Crippen LogP) is 4.80. The second kappa shape index (κ2) is 14.0. The summed E-state index contributed by atoms with van der Waals surface area (Å²) in [5.41, 5.74) is 2.83. The van der Waals surface area contributed by atoms with E-state index in [1.54, 1.807) is 37.3 Å².